The van der Waals surface area contributed by atoms with Crippen LogP contribution in [0.2, 0.25) is 0 Å². The molecule has 2 unspecified atom stereocenters. The number of hydrogen-bond acceptors (Lipinski definition) is 4. The van der Waals surface area contributed by atoms with Gasteiger partial charge in [-0.1, -0.05) is 19.9 Å². The largest absolute Gasteiger partial charge is 0.319 e. The molecule has 0 aromatic carbocycles. The number of carbonyl (C=O) groups is 1. The highest BCUT2D eigenvalue weighted by Gasteiger charge is 2.41. The van der Waals surface area contributed by atoms with E-state index in [1.165, 1.54) is 17.7 Å². The Morgan fingerprint density at radius 2 is 2.24 bits per heavy atom. The molecule has 2 atom stereocenters. The summed E-state index contributed by atoms with van der Waals surface area (Å²) in [7, 11) is 2.17. The minimum atomic E-state index is -0.0525. The van der Waals surface area contributed by atoms with Gasteiger partial charge in [0.1, 0.15) is 6.17 Å². The van der Waals surface area contributed by atoms with Crippen molar-refractivity contribution in [2.75, 3.05) is 20.1 Å². The molecular formula is C16H25N3OS. The fraction of sp³-hybridized carbons (Fsp3) is 0.688. The molecule has 3 rings (SSSR count). The van der Waals surface area contributed by atoms with Crippen LogP contribution in [0.15, 0.2) is 17.5 Å². The monoisotopic (exact) mass is 307 g/mol. The van der Waals surface area contributed by atoms with E-state index in [4.69, 9.17) is 0 Å². The lowest BCUT2D eigenvalue weighted by molar-refractivity contribution is -0.131. The van der Waals surface area contributed by atoms with Crippen molar-refractivity contribution in [3.63, 3.8) is 0 Å². The number of thiophene rings is 1. The highest BCUT2D eigenvalue weighted by atomic mass is 32.1. The summed E-state index contributed by atoms with van der Waals surface area (Å²) in [5.41, 5.74) is 0. The average molecular weight is 307 g/mol. The molecule has 0 spiro atoms. The van der Waals surface area contributed by atoms with Crippen LogP contribution in [0.1, 0.15) is 37.7 Å². The molecule has 1 aromatic rings. The maximum Gasteiger partial charge on any atom is 0.241 e. The minimum absolute atomic E-state index is 0.0525. The van der Waals surface area contributed by atoms with Crippen molar-refractivity contribution in [2.24, 2.45) is 5.92 Å². The van der Waals surface area contributed by atoms with Crippen LogP contribution in [0, 0.1) is 5.92 Å². The van der Waals surface area contributed by atoms with Crippen LogP contribution in [0.5, 0.6) is 0 Å². The van der Waals surface area contributed by atoms with Crippen molar-refractivity contribution in [1.82, 2.24) is 15.1 Å². The van der Waals surface area contributed by atoms with E-state index < -0.39 is 0 Å². The Bertz CT molecular complexity index is 484. The van der Waals surface area contributed by atoms with Gasteiger partial charge in [-0.3, -0.25) is 10.1 Å². The lowest BCUT2D eigenvalue weighted by atomic mass is 10.1. The highest BCUT2D eigenvalue weighted by Crippen LogP contribution is 2.31. The zero-order valence-electron chi connectivity index (χ0n) is 13.1. The molecule has 0 bridgehead atoms. The third-order valence-corrected chi connectivity index (χ3v) is 5.47. The van der Waals surface area contributed by atoms with Gasteiger partial charge in [0.2, 0.25) is 5.91 Å². The van der Waals surface area contributed by atoms with Gasteiger partial charge in [-0.2, -0.15) is 0 Å². The van der Waals surface area contributed by atoms with Crippen LogP contribution in [-0.2, 0) is 4.79 Å². The second-order valence-corrected chi connectivity index (χ2v) is 7.53. The summed E-state index contributed by atoms with van der Waals surface area (Å²) in [6.45, 7) is 6.00. The molecule has 116 valence electrons. The van der Waals surface area contributed by atoms with Gasteiger partial charge in [0.25, 0.3) is 0 Å². The quantitative estimate of drug-likeness (QED) is 0.876. The number of likely N-dealkylation sites (N-methyl/N-ethyl adjacent to an activating group) is 1. The molecule has 1 aliphatic carbocycles. The molecule has 4 nitrogen and oxygen atoms in total. The van der Waals surface area contributed by atoms with E-state index in [0.29, 0.717) is 5.92 Å². The highest BCUT2D eigenvalue weighted by molar-refractivity contribution is 7.10. The van der Waals surface area contributed by atoms with E-state index in [1.54, 1.807) is 11.3 Å². The van der Waals surface area contributed by atoms with Gasteiger partial charge in [-0.25, -0.2) is 0 Å². The first-order valence-corrected chi connectivity index (χ1v) is 8.76. The van der Waals surface area contributed by atoms with Crippen LogP contribution >= 0.6 is 11.3 Å². The first-order valence-electron chi connectivity index (χ1n) is 7.88. The fourth-order valence-electron chi connectivity index (χ4n) is 3.00. The Kier molecular flexibility index (Phi) is 4.33. The first-order chi connectivity index (χ1) is 10.1. The zero-order valence-corrected chi connectivity index (χ0v) is 13.9. The smallest absolute Gasteiger partial charge is 0.241 e. The molecule has 5 heteroatoms. The molecule has 1 N–H and O–H groups in total. The number of nitrogens with zero attached hydrogens (tertiary/aromatic N) is 2. The summed E-state index contributed by atoms with van der Waals surface area (Å²) in [5.74, 6) is 0.582. The fourth-order valence-corrected chi connectivity index (χ4v) is 3.80. The van der Waals surface area contributed by atoms with E-state index in [9.17, 15) is 4.79 Å². The van der Waals surface area contributed by atoms with E-state index in [0.717, 1.165) is 19.1 Å². The number of rotatable bonds is 6. The van der Waals surface area contributed by atoms with Crippen LogP contribution in [0.3, 0.4) is 0 Å². The predicted octanol–water partition coefficient (Wildman–Crippen LogP) is 2.30. The minimum Gasteiger partial charge on any atom is -0.319 e. The van der Waals surface area contributed by atoms with Crippen LogP contribution < -0.4 is 5.32 Å². The maximum atomic E-state index is 12.7. The Morgan fingerprint density at radius 1 is 1.48 bits per heavy atom. The van der Waals surface area contributed by atoms with Gasteiger partial charge >= 0.3 is 0 Å². The molecule has 21 heavy (non-hydrogen) atoms. The number of hydrogen-bond donors (Lipinski definition) is 1. The van der Waals surface area contributed by atoms with Gasteiger partial charge in [0.05, 0.1) is 6.04 Å². The Balaban J connectivity index is 1.71. The van der Waals surface area contributed by atoms with Crippen molar-refractivity contribution in [2.45, 2.75) is 44.9 Å². The molecule has 0 radical (unpaired) electrons. The molecule has 2 aliphatic rings. The lowest BCUT2D eigenvalue weighted by Crippen LogP contribution is -2.38. The lowest BCUT2D eigenvalue weighted by Gasteiger charge is -2.26. The van der Waals surface area contributed by atoms with Gasteiger partial charge in [0.15, 0.2) is 0 Å². The van der Waals surface area contributed by atoms with Gasteiger partial charge in [-0.15, -0.1) is 11.3 Å². The number of amides is 1. The normalized spacial score (nSPS) is 26.3. The Labute approximate surface area is 131 Å². The summed E-state index contributed by atoms with van der Waals surface area (Å²) in [5, 5.41) is 5.61. The van der Waals surface area contributed by atoms with E-state index >= 15 is 0 Å². The Morgan fingerprint density at radius 3 is 2.81 bits per heavy atom. The van der Waals surface area contributed by atoms with Gasteiger partial charge < -0.3 is 9.80 Å². The van der Waals surface area contributed by atoms with Crippen LogP contribution in [-0.4, -0.2) is 47.9 Å². The van der Waals surface area contributed by atoms with Crippen molar-refractivity contribution >= 4 is 17.2 Å². The van der Waals surface area contributed by atoms with Crippen LogP contribution in [0.25, 0.3) is 0 Å². The first kappa shape index (κ1) is 15.0. The molecule has 1 aliphatic heterocycles. The summed E-state index contributed by atoms with van der Waals surface area (Å²) >= 11 is 1.72. The van der Waals surface area contributed by atoms with E-state index in [-0.39, 0.29) is 18.1 Å². The molecule has 1 amide bonds. The second kappa shape index (κ2) is 6.07. The van der Waals surface area contributed by atoms with Gasteiger partial charge in [-0.05, 0) is 37.3 Å². The molecule has 1 aromatic heterocycles. The SMILES string of the molecule is CC(C)C1NC(c2cccs2)N(CCN(C)C2CC2)C1=O. The summed E-state index contributed by atoms with van der Waals surface area (Å²) in [4.78, 5) is 18.4. The van der Waals surface area contributed by atoms with E-state index in [2.05, 4.69) is 48.6 Å². The Hall–Kier alpha value is -0.910. The molecule has 2 heterocycles. The molecular weight excluding hydrogens is 282 g/mol. The second-order valence-electron chi connectivity index (χ2n) is 6.55. The van der Waals surface area contributed by atoms with Crippen molar-refractivity contribution < 1.29 is 4.79 Å². The number of carbonyl (C=O) groups excluding carboxylic acids is 1. The molecule has 2 fully saturated rings. The summed E-state index contributed by atoms with van der Waals surface area (Å²) in [6.07, 6.45) is 2.68. The van der Waals surface area contributed by atoms with Crippen molar-refractivity contribution in [3.05, 3.63) is 22.4 Å². The third kappa shape index (κ3) is 3.15. The standard InChI is InChI=1S/C16H25N3OS/c1-11(2)14-16(20)19(9-8-18(3)12-6-7-12)15(17-14)13-5-4-10-21-13/h4-5,10-12,14-15,17H,6-9H2,1-3H3. The van der Waals surface area contributed by atoms with E-state index in [1.807, 2.05) is 4.90 Å². The number of nitrogens with one attached hydrogen (secondary N) is 1. The average Bonchev–Trinajstić information content (AvgIpc) is 3.06. The predicted molar refractivity (Wildman–Crippen MR) is 86.2 cm³/mol. The summed E-state index contributed by atoms with van der Waals surface area (Å²) < 4.78 is 0. The maximum absolute atomic E-state index is 12.7. The van der Waals surface area contributed by atoms with Crippen molar-refractivity contribution in [1.29, 1.82) is 0 Å². The van der Waals surface area contributed by atoms with Gasteiger partial charge in [0, 0.05) is 24.0 Å². The van der Waals surface area contributed by atoms with Crippen molar-refractivity contribution in [3.8, 4) is 0 Å². The molecule has 1 saturated heterocycles. The molecule has 1 saturated carbocycles. The summed E-state index contributed by atoms with van der Waals surface area (Å²) in [6, 6.07) is 4.87. The zero-order chi connectivity index (χ0) is 15.0. The third-order valence-electron chi connectivity index (χ3n) is 4.54. The van der Waals surface area contributed by atoms with Crippen LogP contribution in [0.4, 0.5) is 0 Å². The topological polar surface area (TPSA) is 35.6 Å².